The molecule has 108 valence electrons. The van der Waals surface area contributed by atoms with E-state index in [4.69, 9.17) is 4.42 Å². The third kappa shape index (κ3) is 2.95. The van der Waals surface area contributed by atoms with Crippen LogP contribution in [0.4, 0.5) is 4.39 Å². The molecule has 2 heterocycles. The van der Waals surface area contributed by atoms with Gasteiger partial charge in [-0.1, -0.05) is 25.1 Å². The lowest BCUT2D eigenvalue weighted by Gasteiger charge is -2.15. The van der Waals surface area contributed by atoms with Gasteiger partial charge in [0.05, 0.1) is 11.9 Å². The number of hydrogen-bond acceptors (Lipinski definition) is 3. The molecule has 1 unspecified atom stereocenters. The van der Waals surface area contributed by atoms with Gasteiger partial charge in [-0.2, -0.15) is 0 Å². The van der Waals surface area contributed by atoms with Gasteiger partial charge >= 0.3 is 0 Å². The predicted octanol–water partition coefficient (Wildman–Crippen LogP) is 4.06. The predicted molar refractivity (Wildman–Crippen MR) is 80.5 cm³/mol. The lowest BCUT2D eigenvalue weighted by Crippen LogP contribution is -2.23. The monoisotopic (exact) mass is 284 g/mol. The van der Waals surface area contributed by atoms with E-state index in [1.807, 2.05) is 30.3 Å². The normalized spacial score (nSPS) is 12.7. The zero-order chi connectivity index (χ0) is 14.7. The molecule has 0 saturated carbocycles. The molecule has 2 aromatic heterocycles. The zero-order valence-electron chi connectivity index (χ0n) is 11.8. The molecule has 0 aliphatic heterocycles. The topological polar surface area (TPSA) is 38.1 Å². The molecule has 0 amide bonds. The molecule has 4 heteroatoms. The van der Waals surface area contributed by atoms with Crippen molar-refractivity contribution in [3.8, 4) is 0 Å². The van der Waals surface area contributed by atoms with Crippen LogP contribution in [-0.2, 0) is 0 Å². The van der Waals surface area contributed by atoms with Crippen LogP contribution in [0.15, 0.2) is 53.1 Å². The first-order valence-electron chi connectivity index (χ1n) is 7.11. The van der Waals surface area contributed by atoms with Gasteiger partial charge in [0.25, 0.3) is 0 Å². The molecule has 1 atom stereocenters. The number of benzene rings is 1. The number of fused-ring (bicyclic) bond motifs is 1. The molecular formula is C17H17FN2O. The van der Waals surface area contributed by atoms with Crippen LogP contribution in [-0.4, -0.2) is 11.5 Å². The summed E-state index contributed by atoms with van der Waals surface area (Å²) >= 11 is 0. The minimum atomic E-state index is -0.336. The lowest BCUT2D eigenvalue weighted by atomic mass is 10.1. The van der Waals surface area contributed by atoms with Gasteiger partial charge in [-0.25, -0.2) is 4.39 Å². The number of hydrogen-bond donors (Lipinski definition) is 1. The smallest absolute Gasteiger partial charge is 0.141 e. The largest absolute Gasteiger partial charge is 0.459 e. The van der Waals surface area contributed by atoms with Crippen molar-refractivity contribution in [3.05, 3.63) is 65.9 Å². The van der Waals surface area contributed by atoms with Gasteiger partial charge < -0.3 is 9.73 Å². The van der Waals surface area contributed by atoms with E-state index in [2.05, 4.69) is 17.2 Å². The molecule has 0 fully saturated rings. The van der Waals surface area contributed by atoms with Crippen LogP contribution in [0.2, 0.25) is 0 Å². The summed E-state index contributed by atoms with van der Waals surface area (Å²) in [6, 6.07) is 12.8. The molecule has 0 aliphatic carbocycles. The molecule has 3 aromatic rings. The van der Waals surface area contributed by atoms with Crippen LogP contribution in [0.3, 0.4) is 0 Å². The highest BCUT2D eigenvalue weighted by atomic mass is 19.1. The van der Waals surface area contributed by atoms with E-state index in [0.717, 1.165) is 35.4 Å². The number of furan rings is 1. The van der Waals surface area contributed by atoms with Gasteiger partial charge in [-0.3, -0.25) is 4.98 Å². The van der Waals surface area contributed by atoms with E-state index in [1.165, 1.54) is 12.3 Å². The van der Waals surface area contributed by atoms with E-state index in [0.29, 0.717) is 0 Å². The van der Waals surface area contributed by atoms with E-state index in [1.54, 1.807) is 6.07 Å². The van der Waals surface area contributed by atoms with Gasteiger partial charge in [0, 0.05) is 5.39 Å². The first kappa shape index (κ1) is 13.8. The fourth-order valence-electron chi connectivity index (χ4n) is 2.34. The minimum Gasteiger partial charge on any atom is -0.459 e. The maximum atomic E-state index is 13.1. The van der Waals surface area contributed by atoms with Crippen LogP contribution < -0.4 is 5.32 Å². The van der Waals surface area contributed by atoms with E-state index < -0.39 is 0 Å². The highest BCUT2D eigenvalue weighted by Gasteiger charge is 2.19. The minimum absolute atomic E-state index is 0.169. The van der Waals surface area contributed by atoms with Gasteiger partial charge in [0.1, 0.15) is 23.2 Å². The van der Waals surface area contributed by atoms with Crippen molar-refractivity contribution in [2.24, 2.45) is 0 Å². The number of nitrogens with one attached hydrogen (secondary N) is 1. The summed E-state index contributed by atoms with van der Waals surface area (Å²) < 4.78 is 19.0. The standard InChI is InChI=1S/C17H17FN2O/c1-2-9-19-17(14-8-7-13(18)11-20-14)16-10-12-5-3-4-6-15(12)21-16/h3-8,10-11,17,19H,2,9H2,1H3. The number of rotatable bonds is 5. The second-order valence-electron chi connectivity index (χ2n) is 4.98. The van der Waals surface area contributed by atoms with Gasteiger partial charge in [-0.15, -0.1) is 0 Å². The summed E-state index contributed by atoms with van der Waals surface area (Å²) in [5, 5.41) is 4.46. The van der Waals surface area contributed by atoms with Crippen LogP contribution >= 0.6 is 0 Å². The van der Waals surface area contributed by atoms with Crippen LogP contribution in [0.5, 0.6) is 0 Å². The molecule has 3 rings (SSSR count). The van der Waals surface area contributed by atoms with Crippen LogP contribution in [0.1, 0.15) is 30.8 Å². The third-order valence-electron chi connectivity index (χ3n) is 3.37. The molecule has 1 N–H and O–H groups in total. The van der Waals surface area contributed by atoms with Crippen molar-refractivity contribution >= 4 is 11.0 Å². The summed E-state index contributed by atoms with van der Waals surface area (Å²) in [6.45, 7) is 2.93. The SMILES string of the molecule is CCCNC(c1ccc(F)cn1)c1cc2ccccc2o1. The summed E-state index contributed by atoms with van der Waals surface area (Å²) in [5.41, 5.74) is 1.60. The van der Waals surface area contributed by atoms with Crippen LogP contribution in [0.25, 0.3) is 11.0 Å². The van der Waals surface area contributed by atoms with Crippen molar-refractivity contribution in [2.45, 2.75) is 19.4 Å². The molecule has 0 saturated heterocycles. The molecular weight excluding hydrogens is 267 g/mol. The Morgan fingerprint density at radius 3 is 2.81 bits per heavy atom. The number of halogens is 1. The highest BCUT2D eigenvalue weighted by Crippen LogP contribution is 2.27. The highest BCUT2D eigenvalue weighted by molar-refractivity contribution is 5.77. The third-order valence-corrected chi connectivity index (χ3v) is 3.37. The van der Waals surface area contributed by atoms with E-state index >= 15 is 0 Å². The fourth-order valence-corrected chi connectivity index (χ4v) is 2.34. The number of pyridine rings is 1. The Morgan fingerprint density at radius 2 is 2.10 bits per heavy atom. The Balaban J connectivity index is 1.99. The lowest BCUT2D eigenvalue weighted by molar-refractivity contribution is 0.462. The van der Waals surface area contributed by atoms with E-state index in [9.17, 15) is 4.39 Å². The summed E-state index contributed by atoms with van der Waals surface area (Å²) in [7, 11) is 0. The average Bonchev–Trinajstić information content (AvgIpc) is 2.93. The maximum Gasteiger partial charge on any atom is 0.141 e. The molecule has 0 spiro atoms. The molecule has 0 radical (unpaired) electrons. The second kappa shape index (κ2) is 6.06. The Bertz CT molecular complexity index is 688. The summed E-state index contributed by atoms with van der Waals surface area (Å²) in [6.07, 6.45) is 2.23. The fraction of sp³-hybridized carbons (Fsp3) is 0.235. The number of para-hydroxylation sites is 1. The summed E-state index contributed by atoms with van der Waals surface area (Å²) in [4.78, 5) is 4.18. The molecule has 0 bridgehead atoms. The first-order chi connectivity index (χ1) is 10.3. The quantitative estimate of drug-likeness (QED) is 0.768. The van der Waals surface area contributed by atoms with Crippen molar-refractivity contribution < 1.29 is 8.81 Å². The molecule has 3 nitrogen and oxygen atoms in total. The van der Waals surface area contributed by atoms with Crippen molar-refractivity contribution in [1.29, 1.82) is 0 Å². The van der Waals surface area contributed by atoms with Gasteiger partial charge in [0.2, 0.25) is 0 Å². The van der Waals surface area contributed by atoms with Crippen LogP contribution in [0, 0.1) is 5.82 Å². The Kier molecular flexibility index (Phi) is 3.97. The van der Waals surface area contributed by atoms with Crippen molar-refractivity contribution in [3.63, 3.8) is 0 Å². The molecule has 21 heavy (non-hydrogen) atoms. The first-order valence-corrected chi connectivity index (χ1v) is 7.11. The van der Waals surface area contributed by atoms with Crippen molar-refractivity contribution in [1.82, 2.24) is 10.3 Å². The second-order valence-corrected chi connectivity index (χ2v) is 4.98. The Hall–Kier alpha value is -2.20. The van der Waals surface area contributed by atoms with Crippen molar-refractivity contribution in [2.75, 3.05) is 6.54 Å². The zero-order valence-corrected chi connectivity index (χ0v) is 11.8. The van der Waals surface area contributed by atoms with E-state index in [-0.39, 0.29) is 11.9 Å². The Morgan fingerprint density at radius 1 is 1.24 bits per heavy atom. The average molecular weight is 284 g/mol. The van der Waals surface area contributed by atoms with Gasteiger partial charge in [0.15, 0.2) is 0 Å². The number of aromatic nitrogens is 1. The Labute approximate surface area is 122 Å². The summed E-state index contributed by atoms with van der Waals surface area (Å²) in [5.74, 6) is 0.460. The maximum absolute atomic E-state index is 13.1. The van der Waals surface area contributed by atoms with Gasteiger partial charge in [-0.05, 0) is 37.2 Å². The number of nitrogens with zero attached hydrogens (tertiary/aromatic N) is 1. The molecule has 1 aromatic carbocycles. The molecule has 0 aliphatic rings.